The second-order valence-electron chi connectivity index (χ2n) is 4.52. The predicted octanol–water partition coefficient (Wildman–Crippen LogP) is 3.13. The van der Waals surface area contributed by atoms with E-state index >= 15 is 0 Å². The molecule has 0 aliphatic carbocycles. The number of anilines is 2. The fraction of sp³-hybridized carbons (Fsp3) is 0.200. The van der Waals surface area contributed by atoms with Crippen LogP contribution in [0.4, 0.5) is 15.9 Å². The predicted molar refractivity (Wildman–Crippen MR) is 77.6 cm³/mol. The van der Waals surface area contributed by atoms with Crippen LogP contribution in [0.3, 0.4) is 0 Å². The molecule has 0 bridgehead atoms. The Hall–Kier alpha value is -2.43. The van der Waals surface area contributed by atoms with E-state index in [1.807, 2.05) is 0 Å². The van der Waals surface area contributed by atoms with Crippen LogP contribution in [0.5, 0.6) is 0 Å². The van der Waals surface area contributed by atoms with Crippen LogP contribution in [0.1, 0.15) is 21.6 Å². The first-order valence-electron chi connectivity index (χ1n) is 6.24. The number of carbonyl (C=O) groups excluding carboxylic acids is 1. The van der Waals surface area contributed by atoms with E-state index in [-0.39, 0.29) is 11.6 Å². The molecule has 20 heavy (non-hydrogen) atoms. The molecule has 0 unspecified atom stereocenters. The Morgan fingerprint density at radius 3 is 2.65 bits per heavy atom. The van der Waals surface area contributed by atoms with Gasteiger partial charge in [-0.2, -0.15) is 0 Å². The van der Waals surface area contributed by atoms with Gasteiger partial charge in [-0.3, -0.25) is 4.79 Å². The van der Waals surface area contributed by atoms with Crippen molar-refractivity contribution in [2.75, 3.05) is 17.7 Å². The molecule has 0 radical (unpaired) electrons. The molecule has 0 saturated heterocycles. The summed E-state index contributed by atoms with van der Waals surface area (Å²) in [6.45, 7) is 3.54. The maximum atomic E-state index is 13.7. The maximum absolute atomic E-state index is 13.7. The van der Waals surface area contributed by atoms with Gasteiger partial charge in [0.05, 0.1) is 5.69 Å². The highest BCUT2D eigenvalue weighted by Gasteiger charge is 2.12. The molecule has 0 saturated carbocycles. The molecule has 5 heteroatoms. The minimum Gasteiger partial charge on any atom is -0.373 e. The van der Waals surface area contributed by atoms with Crippen molar-refractivity contribution >= 4 is 17.4 Å². The minimum atomic E-state index is -0.446. The first kappa shape index (κ1) is 14.0. The van der Waals surface area contributed by atoms with Crippen LogP contribution in [0.15, 0.2) is 30.3 Å². The first-order valence-corrected chi connectivity index (χ1v) is 6.24. The van der Waals surface area contributed by atoms with Crippen molar-refractivity contribution in [3.8, 4) is 0 Å². The lowest BCUT2D eigenvalue weighted by Gasteiger charge is -2.10. The van der Waals surface area contributed by atoms with Crippen molar-refractivity contribution in [3.05, 3.63) is 53.0 Å². The molecule has 2 aromatic rings. The van der Waals surface area contributed by atoms with Crippen LogP contribution in [0, 0.1) is 19.7 Å². The van der Waals surface area contributed by atoms with Crippen LogP contribution in [0.25, 0.3) is 0 Å². The third kappa shape index (κ3) is 2.93. The second-order valence-corrected chi connectivity index (χ2v) is 4.52. The number of hydrogen-bond donors (Lipinski definition) is 2. The molecule has 1 heterocycles. The van der Waals surface area contributed by atoms with Gasteiger partial charge in [0.25, 0.3) is 5.91 Å². The van der Waals surface area contributed by atoms with E-state index in [2.05, 4.69) is 15.6 Å². The van der Waals surface area contributed by atoms with E-state index in [0.29, 0.717) is 22.6 Å². The molecular formula is C15H16FN3O. The first-order chi connectivity index (χ1) is 9.51. The average molecular weight is 273 g/mol. The summed E-state index contributed by atoms with van der Waals surface area (Å²) in [6.07, 6.45) is 0. The Balaban J connectivity index is 2.31. The number of halogens is 1. The van der Waals surface area contributed by atoms with Gasteiger partial charge in [-0.25, -0.2) is 9.37 Å². The van der Waals surface area contributed by atoms with Crippen LogP contribution < -0.4 is 10.6 Å². The van der Waals surface area contributed by atoms with Crippen molar-refractivity contribution in [3.63, 3.8) is 0 Å². The molecule has 0 atom stereocenters. The lowest BCUT2D eigenvalue weighted by atomic mass is 10.1. The molecule has 2 rings (SSSR count). The van der Waals surface area contributed by atoms with Gasteiger partial charge in [-0.05, 0) is 37.6 Å². The Morgan fingerprint density at radius 1 is 1.25 bits per heavy atom. The van der Waals surface area contributed by atoms with E-state index in [0.717, 1.165) is 0 Å². The van der Waals surface area contributed by atoms with Crippen LogP contribution in [-0.2, 0) is 0 Å². The Kier molecular flexibility index (Phi) is 3.98. The van der Waals surface area contributed by atoms with Gasteiger partial charge in [0.15, 0.2) is 0 Å². The van der Waals surface area contributed by atoms with Gasteiger partial charge < -0.3 is 10.6 Å². The summed E-state index contributed by atoms with van der Waals surface area (Å²) in [5.74, 6) is -0.210. The smallest absolute Gasteiger partial charge is 0.255 e. The van der Waals surface area contributed by atoms with Crippen molar-refractivity contribution in [2.24, 2.45) is 0 Å². The maximum Gasteiger partial charge on any atom is 0.255 e. The van der Waals surface area contributed by atoms with Gasteiger partial charge in [0, 0.05) is 18.3 Å². The van der Waals surface area contributed by atoms with Crippen molar-refractivity contribution in [2.45, 2.75) is 13.8 Å². The van der Waals surface area contributed by atoms with E-state index in [1.54, 1.807) is 45.2 Å². The summed E-state index contributed by atoms with van der Waals surface area (Å²) >= 11 is 0. The van der Waals surface area contributed by atoms with Crippen LogP contribution in [0.2, 0.25) is 0 Å². The lowest BCUT2D eigenvalue weighted by Crippen LogP contribution is -2.15. The highest BCUT2D eigenvalue weighted by Crippen LogP contribution is 2.20. The SMILES string of the molecule is CNc1cc(C(=O)Nc2c(C)cccc2F)cc(C)n1. The van der Waals surface area contributed by atoms with Crippen LogP contribution >= 0.6 is 0 Å². The van der Waals surface area contributed by atoms with Gasteiger partial charge in [0.1, 0.15) is 11.6 Å². The lowest BCUT2D eigenvalue weighted by molar-refractivity contribution is 0.102. The molecule has 0 fully saturated rings. The number of aryl methyl sites for hydroxylation is 2. The van der Waals surface area contributed by atoms with Crippen molar-refractivity contribution in [1.29, 1.82) is 0 Å². The number of para-hydroxylation sites is 1. The highest BCUT2D eigenvalue weighted by atomic mass is 19.1. The van der Waals surface area contributed by atoms with Gasteiger partial charge in [-0.15, -0.1) is 0 Å². The fourth-order valence-electron chi connectivity index (χ4n) is 1.90. The zero-order valence-corrected chi connectivity index (χ0v) is 11.6. The standard InChI is InChI=1S/C15H16FN3O/c1-9-5-4-6-12(16)14(9)19-15(20)11-7-10(2)18-13(8-11)17-3/h4-8H,1-3H3,(H,17,18)(H,19,20). The summed E-state index contributed by atoms with van der Waals surface area (Å²) in [5, 5.41) is 5.49. The summed E-state index contributed by atoms with van der Waals surface area (Å²) < 4.78 is 13.7. The summed E-state index contributed by atoms with van der Waals surface area (Å²) in [4.78, 5) is 16.4. The molecular weight excluding hydrogens is 257 g/mol. The molecule has 104 valence electrons. The van der Waals surface area contributed by atoms with E-state index in [1.165, 1.54) is 6.07 Å². The summed E-state index contributed by atoms with van der Waals surface area (Å²) in [5.41, 5.74) is 2.03. The van der Waals surface area contributed by atoms with Crippen LogP contribution in [-0.4, -0.2) is 17.9 Å². The fourth-order valence-corrected chi connectivity index (χ4v) is 1.90. The quantitative estimate of drug-likeness (QED) is 0.903. The third-order valence-corrected chi connectivity index (χ3v) is 2.93. The topological polar surface area (TPSA) is 54.0 Å². The number of carbonyl (C=O) groups is 1. The number of nitrogens with one attached hydrogen (secondary N) is 2. The molecule has 0 spiro atoms. The molecule has 0 aliphatic heterocycles. The molecule has 1 amide bonds. The number of hydrogen-bond acceptors (Lipinski definition) is 3. The normalized spacial score (nSPS) is 10.2. The Bertz CT molecular complexity index is 635. The monoisotopic (exact) mass is 273 g/mol. The zero-order valence-electron chi connectivity index (χ0n) is 11.6. The zero-order chi connectivity index (χ0) is 14.7. The Labute approximate surface area is 117 Å². The molecule has 0 aliphatic rings. The number of amides is 1. The van der Waals surface area contributed by atoms with E-state index in [9.17, 15) is 9.18 Å². The second kappa shape index (κ2) is 5.69. The molecule has 1 aromatic carbocycles. The largest absolute Gasteiger partial charge is 0.373 e. The number of nitrogens with zero attached hydrogens (tertiary/aromatic N) is 1. The van der Waals surface area contributed by atoms with E-state index < -0.39 is 5.82 Å². The summed E-state index contributed by atoms with van der Waals surface area (Å²) in [6, 6.07) is 7.95. The Morgan fingerprint density at radius 2 is 2.00 bits per heavy atom. The molecule has 2 N–H and O–H groups in total. The van der Waals surface area contributed by atoms with E-state index in [4.69, 9.17) is 0 Å². The molecule has 4 nitrogen and oxygen atoms in total. The minimum absolute atomic E-state index is 0.206. The van der Waals surface area contributed by atoms with Gasteiger partial charge >= 0.3 is 0 Å². The number of aromatic nitrogens is 1. The highest BCUT2D eigenvalue weighted by molar-refractivity contribution is 6.05. The third-order valence-electron chi connectivity index (χ3n) is 2.93. The number of rotatable bonds is 3. The van der Waals surface area contributed by atoms with Gasteiger partial charge in [0.2, 0.25) is 0 Å². The average Bonchev–Trinajstić information content (AvgIpc) is 2.42. The molecule has 1 aromatic heterocycles. The summed E-state index contributed by atoms with van der Waals surface area (Å²) in [7, 11) is 1.73. The number of pyridine rings is 1. The van der Waals surface area contributed by atoms with Crippen molar-refractivity contribution < 1.29 is 9.18 Å². The van der Waals surface area contributed by atoms with Crippen molar-refractivity contribution in [1.82, 2.24) is 4.98 Å². The number of benzene rings is 1. The van der Waals surface area contributed by atoms with Gasteiger partial charge in [-0.1, -0.05) is 12.1 Å².